The van der Waals surface area contributed by atoms with E-state index in [9.17, 15) is 9.59 Å². The highest BCUT2D eigenvalue weighted by Gasteiger charge is 2.34. The van der Waals surface area contributed by atoms with Gasteiger partial charge in [0.05, 0.1) is 30.2 Å². The number of ether oxygens (including phenoxy) is 2. The molecule has 0 fully saturated rings. The molecular weight excluding hydrogens is 424 g/mol. The first-order valence-electron chi connectivity index (χ1n) is 9.13. The second-order valence-electron chi connectivity index (χ2n) is 6.53. The number of rotatable bonds is 6. The number of ketones is 1. The predicted molar refractivity (Wildman–Crippen MR) is 122 cm³/mol. The minimum Gasteiger partial charge on any atom is -0.497 e. The Balaban J connectivity index is 2.02. The fourth-order valence-corrected chi connectivity index (χ4v) is 3.81. The molecule has 8 heteroatoms. The molecule has 0 bridgehead atoms. The Morgan fingerprint density at radius 3 is 2.47 bits per heavy atom. The molecule has 1 aliphatic heterocycles. The van der Waals surface area contributed by atoms with Gasteiger partial charge in [0.15, 0.2) is 5.17 Å². The maximum Gasteiger partial charge on any atom is 0.283 e. The van der Waals surface area contributed by atoms with E-state index in [0.29, 0.717) is 21.6 Å². The molecule has 6 nitrogen and oxygen atoms in total. The summed E-state index contributed by atoms with van der Waals surface area (Å²) in [6.45, 7) is 3.30. The second-order valence-corrected chi connectivity index (χ2v) is 8.24. The Bertz CT molecular complexity index is 1030. The first kappa shape index (κ1) is 21.9. The average Bonchev–Trinajstić information content (AvgIpc) is 3.03. The number of carbonyl (C=O) groups is 2. The van der Waals surface area contributed by atoms with Crippen molar-refractivity contribution < 1.29 is 19.1 Å². The number of amides is 1. The van der Waals surface area contributed by atoms with Crippen molar-refractivity contribution in [3.8, 4) is 11.5 Å². The van der Waals surface area contributed by atoms with Gasteiger partial charge in [0.2, 0.25) is 0 Å². The summed E-state index contributed by atoms with van der Waals surface area (Å²) in [4.78, 5) is 31.0. The Labute approximate surface area is 184 Å². The molecule has 156 valence electrons. The number of thioether (sulfide) groups is 1. The molecule has 30 heavy (non-hydrogen) atoms. The van der Waals surface area contributed by atoms with E-state index in [1.807, 2.05) is 24.3 Å². The summed E-state index contributed by atoms with van der Waals surface area (Å²) in [6, 6.07) is 12.3. The minimum atomic E-state index is -0.353. The second kappa shape index (κ2) is 9.36. The van der Waals surface area contributed by atoms with E-state index >= 15 is 0 Å². The smallest absolute Gasteiger partial charge is 0.283 e. The molecular formula is C22H21ClN2O4S. The number of aliphatic imine (C=N–C) groups is 1. The molecule has 0 saturated heterocycles. The maximum absolute atomic E-state index is 13.2. The van der Waals surface area contributed by atoms with Gasteiger partial charge in [-0.15, -0.1) is 0 Å². The number of Topliss-reactive ketones (excluding diaryl/α,β-unsaturated/α-hetero) is 1. The van der Waals surface area contributed by atoms with Gasteiger partial charge >= 0.3 is 0 Å². The van der Waals surface area contributed by atoms with Crippen molar-refractivity contribution in [2.24, 2.45) is 4.99 Å². The van der Waals surface area contributed by atoms with Gasteiger partial charge in [-0.2, -0.15) is 0 Å². The zero-order valence-corrected chi connectivity index (χ0v) is 18.6. The SMILES string of the molecule is COc1ccc(/C=C2\N=C(SC(C)C(C)=O)N(c3ccc(Cl)c(OC)c3)C2=O)cc1. The zero-order chi connectivity index (χ0) is 21.8. The Morgan fingerprint density at radius 1 is 1.17 bits per heavy atom. The number of carbonyl (C=O) groups excluding carboxylic acids is 2. The molecule has 0 spiro atoms. The van der Waals surface area contributed by atoms with Crippen molar-refractivity contribution >= 4 is 52.0 Å². The predicted octanol–water partition coefficient (Wildman–Crippen LogP) is 4.81. The maximum atomic E-state index is 13.2. The van der Waals surface area contributed by atoms with E-state index in [1.165, 1.54) is 30.7 Å². The molecule has 0 saturated carbocycles. The molecule has 2 aromatic carbocycles. The quantitative estimate of drug-likeness (QED) is 0.598. The van der Waals surface area contributed by atoms with Crippen LogP contribution in [0, 0.1) is 0 Å². The van der Waals surface area contributed by atoms with Gasteiger partial charge < -0.3 is 9.47 Å². The van der Waals surface area contributed by atoms with Gasteiger partial charge in [-0.3, -0.25) is 14.5 Å². The van der Waals surface area contributed by atoms with Crippen molar-refractivity contribution in [3.63, 3.8) is 0 Å². The molecule has 0 N–H and O–H groups in total. The molecule has 1 atom stereocenters. The summed E-state index contributed by atoms with van der Waals surface area (Å²) < 4.78 is 10.5. The first-order valence-corrected chi connectivity index (χ1v) is 10.4. The molecule has 0 aromatic heterocycles. The van der Waals surface area contributed by atoms with Crippen LogP contribution in [0.15, 0.2) is 53.2 Å². The minimum absolute atomic E-state index is 0.00336. The number of methoxy groups -OCH3 is 2. The number of anilines is 1. The molecule has 1 amide bonds. The van der Waals surface area contributed by atoms with E-state index < -0.39 is 0 Å². The number of amidine groups is 1. The Kier molecular flexibility index (Phi) is 6.84. The third-order valence-electron chi connectivity index (χ3n) is 4.50. The van der Waals surface area contributed by atoms with Crippen LogP contribution in [0.25, 0.3) is 6.08 Å². The lowest BCUT2D eigenvalue weighted by atomic mass is 10.2. The van der Waals surface area contributed by atoms with Gasteiger partial charge in [-0.25, -0.2) is 4.99 Å². The van der Waals surface area contributed by atoms with Crippen LogP contribution in [0.2, 0.25) is 5.02 Å². The van der Waals surface area contributed by atoms with Gasteiger partial charge in [0.1, 0.15) is 23.0 Å². The normalized spacial score (nSPS) is 15.9. The zero-order valence-electron chi connectivity index (χ0n) is 17.0. The first-order chi connectivity index (χ1) is 14.3. The van der Waals surface area contributed by atoms with Crippen molar-refractivity contribution in [3.05, 3.63) is 58.7 Å². The summed E-state index contributed by atoms with van der Waals surface area (Å²) in [6.07, 6.45) is 1.70. The van der Waals surface area contributed by atoms with Gasteiger partial charge in [0, 0.05) is 6.07 Å². The summed E-state index contributed by atoms with van der Waals surface area (Å²) in [7, 11) is 3.10. The van der Waals surface area contributed by atoms with Gasteiger partial charge in [-0.1, -0.05) is 35.5 Å². The highest BCUT2D eigenvalue weighted by molar-refractivity contribution is 8.15. The Hall–Kier alpha value is -2.77. The van der Waals surface area contributed by atoms with Crippen molar-refractivity contribution in [2.45, 2.75) is 19.1 Å². The summed E-state index contributed by atoms with van der Waals surface area (Å²) >= 11 is 7.36. The van der Waals surface area contributed by atoms with Crippen molar-refractivity contribution in [2.75, 3.05) is 19.1 Å². The summed E-state index contributed by atoms with van der Waals surface area (Å²) in [5.74, 6) is 0.864. The third-order valence-corrected chi connectivity index (χ3v) is 5.98. The fourth-order valence-electron chi connectivity index (χ4n) is 2.69. The number of benzene rings is 2. The molecule has 1 unspecified atom stereocenters. The van der Waals surface area contributed by atoms with E-state index in [0.717, 1.165) is 11.3 Å². The largest absolute Gasteiger partial charge is 0.497 e. The average molecular weight is 445 g/mol. The van der Waals surface area contributed by atoms with E-state index in [-0.39, 0.29) is 22.6 Å². The molecule has 1 heterocycles. The topological polar surface area (TPSA) is 68.2 Å². The molecule has 0 radical (unpaired) electrons. The fraction of sp³-hybridized carbons (Fsp3) is 0.227. The van der Waals surface area contributed by atoms with Crippen LogP contribution in [0.3, 0.4) is 0 Å². The van der Waals surface area contributed by atoms with Crippen LogP contribution in [-0.4, -0.2) is 36.3 Å². The summed E-state index contributed by atoms with van der Waals surface area (Å²) in [5, 5.41) is 0.505. The van der Waals surface area contributed by atoms with E-state index in [2.05, 4.69) is 4.99 Å². The lowest BCUT2D eigenvalue weighted by Gasteiger charge is -2.20. The highest BCUT2D eigenvalue weighted by atomic mass is 35.5. The lowest BCUT2D eigenvalue weighted by Crippen LogP contribution is -2.32. The van der Waals surface area contributed by atoms with Gasteiger partial charge in [-0.05, 0) is 49.8 Å². The number of nitrogens with zero attached hydrogens (tertiary/aromatic N) is 2. The molecule has 2 aromatic rings. The molecule has 3 rings (SSSR count). The monoisotopic (exact) mass is 444 g/mol. The molecule has 1 aliphatic rings. The molecule has 0 aliphatic carbocycles. The van der Waals surface area contributed by atoms with E-state index in [1.54, 1.807) is 38.3 Å². The van der Waals surface area contributed by atoms with Crippen LogP contribution in [0.5, 0.6) is 11.5 Å². The number of halogens is 1. The number of hydrogen-bond donors (Lipinski definition) is 0. The van der Waals surface area contributed by atoms with Crippen LogP contribution in [-0.2, 0) is 9.59 Å². The third kappa shape index (κ3) is 4.68. The summed E-state index contributed by atoms with van der Waals surface area (Å²) in [5.41, 5.74) is 1.64. The standard InChI is InChI=1S/C22H21ClN2O4S/c1-13(26)14(2)30-22-24-19(11-15-5-8-17(28-3)9-6-15)21(27)25(22)16-7-10-18(23)20(12-16)29-4/h5-12,14H,1-4H3/b19-11-. The lowest BCUT2D eigenvalue weighted by molar-refractivity contribution is -0.116. The van der Waals surface area contributed by atoms with Crippen molar-refractivity contribution in [1.82, 2.24) is 0 Å². The Morgan fingerprint density at radius 2 is 1.87 bits per heavy atom. The van der Waals surface area contributed by atoms with Crippen LogP contribution < -0.4 is 14.4 Å². The number of hydrogen-bond acceptors (Lipinski definition) is 6. The van der Waals surface area contributed by atoms with Crippen molar-refractivity contribution in [1.29, 1.82) is 0 Å². The highest BCUT2D eigenvalue weighted by Crippen LogP contribution is 2.35. The van der Waals surface area contributed by atoms with Crippen LogP contribution >= 0.6 is 23.4 Å². The van der Waals surface area contributed by atoms with Crippen LogP contribution in [0.1, 0.15) is 19.4 Å². The van der Waals surface area contributed by atoms with Gasteiger partial charge in [0.25, 0.3) is 5.91 Å². The van der Waals surface area contributed by atoms with E-state index in [4.69, 9.17) is 21.1 Å². The van der Waals surface area contributed by atoms with Crippen LogP contribution in [0.4, 0.5) is 5.69 Å².